The fraction of sp³-hybridized carbons (Fsp3) is 0.433. The third-order valence-electron chi connectivity index (χ3n) is 8.50. The van der Waals surface area contributed by atoms with Crippen LogP contribution in [-0.2, 0) is 4.74 Å². The molecular weight excluding hydrogens is 516 g/mol. The zero-order valence-electron chi connectivity index (χ0n) is 22.2. The van der Waals surface area contributed by atoms with Crippen LogP contribution in [0.4, 0.5) is 14.6 Å². The average Bonchev–Trinajstić information content (AvgIpc) is 3.33. The molecule has 2 aromatic carbocycles. The van der Waals surface area contributed by atoms with Gasteiger partial charge in [0.1, 0.15) is 35.6 Å². The number of anilines is 1. The van der Waals surface area contributed by atoms with Crippen molar-refractivity contribution in [3.05, 3.63) is 48.4 Å². The number of phenolic OH excluding ortho intramolecular Hbond substituents is 1. The van der Waals surface area contributed by atoms with Gasteiger partial charge in [0.25, 0.3) is 0 Å². The van der Waals surface area contributed by atoms with Crippen molar-refractivity contribution in [1.29, 1.82) is 0 Å². The third kappa shape index (κ3) is 4.39. The van der Waals surface area contributed by atoms with Crippen LogP contribution in [0.25, 0.3) is 32.9 Å². The normalized spacial score (nSPS) is 23.6. The molecule has 3 saturated heterocycles. The van der Waals surface area contributed by atoms with Gasteiger partial charge in [-0.15, -0.1) is 0 Å². The Labute approximate surface area is 230 Å². The first-order valence-corrected chi connectivity index (χ1v) is 13.9. The van der Waals surface area contributed by atoms with Crippen LogP contribution >= 0.6 is 0 Å². The van der Waals surface area contributed by atoms with Crippen LogP contribution in [0.2, 0.25) is 0 Å². The smallest absolute Gasteiger partial charge is 0.319 e. The predicted octanol–water partition coefficient (Wildman–Crippen LogP) is 4.87. The highest BCUT2D eigenvalue weighted by Gasteiger charge is 2.49. The van der Waals surface area contributed by atoms with E-state index in [4.69, 9.17) is 14.5 Å². The van der Waals surface area contributed by atoms with Gasteiger partial charge in [-0.2, -0.15) is 9.97 Å². The molecule has 0 unspecified atom stereocenters. The highest BCUT2D eigenvalue weighted by atomic mass is 19.1. The van der Waals surface area contributed by atoms with Gasteiger partial charge in [-0.25, -0.2) is 8.78 Å². The summed E-state index contributed by atoms with van der Waals surface area (Å²) in [6.07, 6.45) is 3.79. The number of aromatic nitrogens is 3. The van der Waals surface area contributed by atoms with Crippen molar-refractivity contribution >= 4 is 27.5 Å². The van der Waals surface area contributed by atoms with Crippen LogP contribution in [0.1, 0.15) is 25.7 Å². The first kappa shape index (κ1) is 25.3. The first-order valence-electron chi connectivity index (χ1n) is 13.9. The van der Waals surface area contributed by atoms with Crippen LogP contribution in [0.5, 0.6) is 11.8 Å². The van der Waals surface area contributed by atoms with Crippen LogP contribution in [0.15, 0.2) is 42.6 Å². The van der Waals surface area contributed by atoms with Crippen molar-refractivity contribution in [3.8, 4) is 23.0 Å². The lowest BCUT2D eigenvalue weighted by Gasteiger charge is -2.31. The minimum absolute atomic E-state index is 0.0232. The molecule has 0 bridgehead atoms. The number of pyridine rings is 1. The number of aromatic hydroxyl groups is 1. The number of benzene rings is 2. The summed E-state index contributed by atoms with van der Waals surface area (Å²) in [5.74, 6) is -0.0481. The molecule has 3 fully saturated rings. The molecule has 7 rings (SSSR count). The molecule has 40 heavy (non-hydrogen) atoms. The molecule has 0 radical (unpaired) electrons. The molecule has 0 spiro atoms. The molecule has 3 aliphatic heterocycles. The SMILES string of the molecule is Oc1cc(-c2ncc3c(N4CCCOCC4)nc(OC[C@@]45CCCN4C[C@H](F)C5)nc3c2F)c2ccccc2c1. The fourth-order valence-corrected chi connectivity index (χ4v) is 6.61. The van der Waals surface area contributed by atoms with Gasteiger partial charge in [0.15, 0.2) is 5.82 Å². The van der Waals surface area contributed by atoms with Gasteiger partial charge < -0.3 is 19.5 Å². The molecule has 2 aromatic heterocycles. The summed E-state index contributed by atoms with van der Waals surface area (Å²) < 4.78 is 42.6. The van der Waals surface area contributed by atoms with Gasteiger partial charge in [-0.1, -0.05) is 24.3 Å². The van der Waals surface area contributed by atoms with Gasteiger partial charge in [-0.3, -0.25) is 9.88 Å². The number of nitrogens with zero attached hydrogens (tertiary/aromatic N) is 5. The Morgan fingerprint density at radius 1 is 1.07 bits per heavy atom. The zero-order valence-corrected chi connectivity index (χ0v) is 22.2. The topological polar surface area (TPSA) is 83.8 Å². The number of phenols is 1. The maximum atomic E-state index is 16.4. The molecule has 2 atom stereocenters. The van der Waals surface area contributed by atoms with E-state index in [2.05, 4.69) is 19.8 Å². The van der Waals surface area contributed by atoms with E-state index in [0.29, 0.717) is 56.0 Å². The first-order chi connectivity index (χ1) is 19.5. The van der Waals surface area contributed by atoms with E-state index in [0.717, 1.165) is 36.6 Å². The standard InChI is InChI=1S/C30H31F2N5O3/c31-20-15-30(7-3-9-37(30)17-20)18-40-29-34-27-24(28(35-29)36-8-4-11-39-12-10-36)16-33-26(25(27)32)23-14-21(38)13-19-5-1-2-6-22(19)23/h1-2,5-6,13-14,16,20,38H,3-4,7-12,15,17-18H2/t20-,30+/m1/s1. The lowest BCUT2D eigenvalue weighted by atomic mass is 9.95. The molecule has 0 aliphatic carbocycles. The number of alkyl halides is 1. The minimum Gasteiger partial charge on any atom is -0.508 e. The Bertz CT molecular complexity index is 1580. The van der Waals surface area contributed by atoms with E-state index >= 15 is 4.39 Å². The van der Waals surface area contributed by atoms with Crippen LogP contribution in [0, 0.1) is 5.82 Å². The fourth-order valence-electron chi connectivity index (χ4n) is 6.61. The highest BCUT2D eigenvalue weighted by molar-refractivity contribution is 5.99. The monoisotopic (exact) mass is 547 g/mol. The molecule has 0 saturated carbocycles. The van der Waals surface area contributed by atoms with E-state index in [1.165, 1.54) is 6.07 Å². The molecule has 8 nitrogen and oxygen atoms in total. The van der Waals surface area contributed by atoms with Gasteiger partial charge in [-0.05, 0) is 48.7 Å². The van der Waals surface area contributed by atoms with E-state index in [1.807, 2.05) is 24.3 Å². The molecule has 4 aromatic rings. The molecule has 208 valence electrons. The molecule has 0 amide bonds. The van der Waals surface area contributed by atoms with Gasteiger partial charge in [0.2, 0.25) is 0 Å². The van der Waals surface area contributed by atoms with Crippen molar-refractivity contribution in [3.63, 3.8) is 0 Å². The second-order valence-electron chi connectivity index (χ2n) is 11.0. The maximum Gasteiger partial charge on any atom is 0.319 e. The zero-order chi connectivity index (χ0) is 27.3. The summed E-state index contributed by atoms with van der Waals surface area (Å²) in [5.41, 5.74) is 0.280. The van der Waals surface area contributed by atoms with Gasteiger partial charge >= 0.3 is 6.01 Å². The summed E-state index contributed by atoms with van der Waals surface area (Å²) in [4.78, 5) is 18.0. The Balaban J connectivity index is 1.34. The second-order valence-corrected chi connectivity index (χ2v) is 11.0. The summed E-state index contributed by atoms with van der Waals surface area (Å²) in [5, 5.41) is 12.4. The Kier molecular flexibility index (Phi) is 6.39. The van der Waals surface area contributed by atoms with E-state index in [1.54, 1.807) is 12.3 Å². The number of hydrogen-bond acceptors (Lipinski definition) is 8. The number of rotatable bonds is 5. The Hall–Kier alpha value is -3.63. The quantitative estimate of drug-likeness (QED) is 0.379. The lowest BCUT2D eigenvalue weighted by Crippen LogP contribution is -2.43. The van der Waals surface area contributed by atoms with E-state index < -0.39 is 12.0 Å². The average molecular weight is 548 g/mol. The largest absolute Gasteiger partial charge is 0.508 e. The molecule has 3 aliphatic rings. The van der Waals surface area contributed by atoms with Crippen molar-refractivity contribution in [2.24, 2.45) is 0 Å². The van der Waals surface area contributed by atoms with Gasteiger partial charge in [0.05, 0.1) is 17.5 Å². The third-order valence-corrected chi connectivity index (χ3v) is 8.50. The van der Waals surface area contributed by atoms with Gasteiger partial charge in [0, 0.05) is 44.4 Å². The van der Waals surface area contributed by atoms with Crippen molar-refractivity contribution in [2.75, 3.05) is 50.9 Å². The number of halogens is 2. The molecule has 1 N–H and O–H groups in total. The van der Waals surface area contributed by atoms with Crippen molar-refractivity contribution in [1.82, 2.24) is 19.9 Å². The molecule has 5 heterocycles. The maximum absolute atomic E-state index is 16.4. The predicted molar refractivity (Wildman–Crippen MR) is 148 cm³/mol. The summed E-state index contributed by atoms with van der Waals surface area (Å²) in [7, 11) is 0. The van der Waals surface area contributed by atoms with Crippen LogP contribution < -0.4 is 9.64 Å². The Morgan fingerprint density at radius 2 is 1.98 bits per heavy atom. The number of ether oxygens (including phenoxy) is 2. The number of fused-ring (bicyclic) bond motifs is 3. The highest BCUT2D eigenvalue weighted by Crippen LogP contribution is 2.41. The second kappa shape index (κ2) is 10.1. The molecular formula is C30H31F2N5O3. The van der Waals surface area contributed by atoms with E-state index in [9.17, 15) is 9.50 Å². The Morgan fingerprint density at radius 3 is 2.90 bits per heavy atom. The lowest BCUT2D eigenvalue weighted by molar-refractivity contribution is 0.107. The summed E-state index contributed by atoms with van der Waals surface area (Å²) in [6, 6.07) is 10.7. The molecule has 10 heteroatoms. The summed E-state index contributed by atoms with van der Waals surface area (Å²) >= 11 is 0. The minimum atomic E-state index is -0.878. The van der Waals surface area contributed by atoms with Crippen molar-refractivity contribution < 1.29 is 23.4 Å². The van der Waals surface area contributed by atoms with E-state index in [-0.39, 0.29) is 35.1 Å². The van der Waals surface area contributed by atoms with Crippen LogP contribution in [-0.4, -0.2) is 82.7 Å². The van der Waals surface area contributed by atoms with Crippen LogP contribution in [0.3, 0.4) is 0 Å². The number of hydrogen-bond donors (Lipinski definition) is 1. The summed E-state index contributed by atoms with van der Waals surface area (Å²) in [6.45, 7) is 3.97. The van der Waals surface area contributed by atoms with Crippen molar-refractivity contribution in [2.45, 2.75) is 37.4 Å².